The number of aryl methyl sites for hydroxylation is 1. The monoisotopic (exact) mass is 373 g/mol. The van der Waals surface area contributed by atoms with Crippen LogP contribution < -0.4 is 5.32 Å². The van der Waals surface area contributed by atoms with Crippen LogP contribution in [0.2, 0.25) is 0 Å². The summed E-state index contributed by atoms with van der Waals surface area (Å²) in [5.41, 5.74) is 3.01. The number of para-hydroxylation sites is 2. The van der Waals surface area contributed by atoms with Gasteiger partial charge in [0.1, 0.15) is 5.25 Å². The number of benzene rings is 1. The molecule has 0 saturated carbocycles. The predicted molar refractivity (Wildman–Crippen MR) is 102 cm³/mol. The summed E-state index contributed by atoms with van der Waals surface area (Å²) >= 11 is 1.58. The molecule has 130 valence electrons. The lowest BCUT2D eigenvalue weighted by molar-refractivity contribution is -0.120. The lowest BCUT2D eigenvalue weighted by Crippen LogP contribution is -2.35. The molecule has 0 unspecified atom stereocenters. The Labute approximate surface area is 153 Å². The first-order valence-corrected chi connectivity index (χ1v) is 10.2. The highest BCUT2D eigenvalue weighted by molar-refractivity contribution is 7.85. The van der Waals surface area contributed by atoms with E-state index in [9.17, 15) is 9.00 Å². The zero-order valence-electron chi connectivity index (χ0n) is 14.1. The lowest BCUT2D eigenvalue weighted by atomic mass is 10.2. The van der Waals surface area contributed by atoms with Crippen LogP contribution in [0.15, 0.2) is 41.8 Å². The van der Waals surface area contributed by atoms with E-state index in [1.807, 2.05) is 48.7 Å². The van der Waals surface area contributed by atoms with Crippen molar-refractivity contribution >= 4 is 39.1 Å². The van der Waals surface area contributed by atoms with Crippen LogP contribution >= 0.6 is 11.3 Å². The SMILES string of the molecule is Cc1nc2ccccc2nc1C[S@@](=O)[C@H](C)C(=O)NCc1cccs1. The number of carbonyl (C=O) groups is 1. The number of carbonyl (C=O) groups excluding carboxylic acids is 1. The Kier molecular flexibility index (Phi) is 5.55. The van der Waals surface area contributed by atoms with Crippen molar-refractivity contribution in [3.63, 3.8) is 0 Å². The van der Waals surface area contributed by atoms with E-state index in [1.54, 1.807) is 18.3 Å². The molecule has 0 saturated heterocycles. The van der Waals surface area contributed by atoms with Crippen LogP contribution in [-0.2, 0) is 27.9 Å². The molecule has 0 fully saturated rings. The molecule has 7 heteroatoms. The quantitative estimate of drug-likeness (QED) is 0.721. The van der Waals surface area contributed by atoms with Crippen LogP contribution in [0.3, 0.4) is 0 Å². The van der Waals surface area contributed by atoms with Gasteiger partial charge in [0.05, 0.1) is 34.7 Å². The van der Waals surface area contributed by atoms with Gasteiger partial charge in [0.15, 0.2) is 0 Å². The van der Waals surface area contributed by atoms with Crippen molar-refractivity contribution in [2.45, 2.75) is 31.4 Å². The average Bonchev–Trinajstić information content (AvgIpc) is 3.13. The van der Waals surface area contributed by atoms with Gasteiger partial charge in [-0.05, 0) is 37.4 Å². The van der Waals surface area contributed by atoms with E-state index < -0.39 is 16.0 Å². The Hall–Kier alpha value is -2.12. The van der Waals surface area contributed by atoms with Crippen LogP contribution in [0.4, 0.5) is 0 Å². The minimum Gasteiger partial charge on any atom is -0.350 e. The molecule has 0 bridgehead atoms. The molecule has 3 aromatic rings. The average molecular weight is 374 g/mol. The van der Waals surface area contributed by atoms with E-state index in [0.717, 1.165) is 21.6 Å². The first-order chi connectivity index (χ1) is 12.0. The molecule has 2 heterocycles. The van der Waals surface area contributed by atoms with Gasteiger partial charge in [-0.1, -0.05) is 18.2 Å². The Morgan fingerprint density at radius 2 is 1.92 bits per heavy atom. The van der Waals surface area contributed by atoms with Gasteiger partial charge in [0, 0.05) is 15.7 Å². The standard InChI is InChI=1S/C18H19N3O2S2/c1-12-17(21-16-8-4-3-7-15(16)20-12)11-25(23)13(2)18(22)19-10-14-6-5-9-24-14/h3-9,13H,10-11H2,1-2H3,(H,19,22)/t13-,25-/m1/s1. The van der Waals surface area contributed by atoms with Crippen LogP contribution in [0.1, 0.15) is 23.2 Å². The second-order valence-corrected chi connectivity index (χ2v) is 8.50. The summed E-state index contributed by atoms with van der Waals surface area (Å²) in [6, 6.07) is 11.5. The van der Waals surface area contributed by atoms with E-state index in [1.165, 1.54) is 0 Å². The minimum atomic E-state index is -1.36. The van der Waals surface area contributed by atoms with Crippen molar-refractivity contribution in [3.05, 3.63) is 58.0 Å². The van der Waals surface area contributed by atoms with E-state index in [4.69, 9.17) is 0 Å². The summed E-state index contributed by atoms with van der Waals surface area (Å²) in [4.78, 5) is 22.4. The van der Waals surface area contributed by atoms with E-state index in [-0.39, 0.29) is 11.7 Å². The zero-order chi connectivity index (χ0) is 17.8. The van der Waals surface area contributed by atoms with Gasteiger partial charge in [-0.2, -0.15) is 0 Å². The highest BCUT2D eigenvalue weighted by atomic mass is 32.2. The number of hydrogen-bond acceptors (Lipinski definition) is 5. The van der Waals surface area contributed by atoms with Gasteiger partial charge < -0.3 is 5.32 Å². The first-order valence-electron chi connectivity index (χ1n) is 7.94. The van der Waals surface area contributed by atoms with Crippen molar-refractivity contribution < 1.29 is 9.00 Å². The van der Waals surface area contributed by atoms with Crippen LogP contribution in [0.25, 0.3) is 11.0 Å². The van der Waals surface area contributed by atoms with Crippen LogP contribution in [0, 0.1) is 6.92 Å². The van der Waals surface area contributed by atoms with E-state index in [2.05, 4.69) is 15.3 Å². The smallest absolute Gasteiger partial charge is 0.235 e. The molecular formula is C18H19N3O2S2. The fourth-order valence-electron chi connectivity index (χ4n) is 2.37. The molecule has 0 aliphatic carbocycles. The second-order valence-electron chi connectivity index (χ2n) is 5.71. The number of nitrogens with one attached hydrogen (secondary N) is 1. The molecule has 0 aliphatic rings. The van der Waals surface area contributed by atoms with Crippen molar-refractivity contribution in [1.82, 2.24) is 15.3 Å². The Morgan fingerprint density at radius 3 is 2.60 bits per heavy atom. The third kappa shape index (κ3) is 4.29. The normalized spacial score (nSPS) is 13.5. The van der Waals surface area contributed by atoms with Gasteiger partial charge >= 0.3 is 0 Å². The summed E-state index contributed by atoms with van der Waals surface area (Å²) in [7, 11) is -1.36. The fraction of sp³-hybridized carbons (Fsp3) is 0.278. The van der Waals surface area contributed by atoms with Crippen molar-refractivity contribution in [3.8, 4) is 0 Å². The molecule has 0 radical (unpaired) electrons. The van der Waals surface area contributed by atoms with Crippen molar-refractivity contribution in [2.75, 3.05) is 0 Å². The molecule has 3 rings (SSSR count). The highest BCUT2D eigenvalue weighted by Gasteiger charge is 2.21. The summed E-state index contributed by atoms with van der Waals surface area (Å²) in [5, 5.41) is 4.20. The number of thiophene rings is 1. The lowest BCUT2D eigenvalue weighted by Gasteiger charge is -2.12. The van der Waals surface area contributed by atoms with Crippen LogP contribution in [-0.4, -0.2) is 25.3 Å². The topological polar surface area (TPSA) is 72.0 Å². The third-order valence-electron chi connectivity index (χ3n) is 3.90. The van der Waals surface area contributed by atoms with E-state index >= 15 is 0 Å². The maximum atomic E-state index is 12.6. The molecule has 1 aromatic carbocycles. The van der Waals surface area contributed by atoms with Crippen molar-refractivity contribution in [1.29, 1.82) is 0 Å². The maximum Gasteiger partial charge on any atom is 0.235 e. The Morgan fingerprint density at radius 1 is 1.20 bits per heavy atom. The van der Waals surface area contributed by atoms with Gasteiger partial charge in [0.2, 0.25) is 5.91 Å². The Bertz CT molecular complexity index is 910. The molecule has 1 N–H and O–H groups in total. The molecular weight excluding hydrogens is 354 g/mol. The zero-order valence-corrected chi connectivity index (χ0v) is 15.7. The summed E-state index contributed by atoms with van der Waals surface area (Å²) < 4.78 is 12.6. The summed E-state index contributed by atoms with van der Waals surface area (Å²) in [5.74, 6) is 0.00944. The maximum absolute atomic E-state index is 12.6. The molecule has 25 heavy (non-hydrogen) atoms. The van der Waals surface area contributed by atoms with Crippen molar-refractivity contribution in [2.24, 2.45) is 0 Å². The minimum absolute atomic E-state index is 0.210. The molecule has 2 atom stereocenters. The van der Waals surface area contributed by atoms with Crippen LogP contribution in [0.5, 0.6) is 0 Å². The number of hydrogen-bond donors (Lipinski definition) is 1. The second kappa shape index (κ2) is 7.84. The molecule has 0 aliphatic heterocycles. The first kappa shape index (κ1) is 17.7. The van der Waals surface area contributed by atoms with Gasteiger partial charge in [0.25, 0.3) is 0 Å². The summed E-state index contributed by atoms with van der Waals surface area (Å²) in [6.07, 6.45) is 0. The molecule has 2 aromatic heterocycles. The third-order valence-corrected chi connectivity index (χ3v) is 6.34. The van der Waals surface area contributed by atoms with Gasteiger partial charge in [-0.3, -0.25) is 9.00 Å². The number of fused-ring (bicyclic) bond motifs is 1. The number of nitrogens with zero attached hydrogens (tertiary/aromatic N) is 2. The Balaban J connectivity index is 1.66. The number of aromatic nitrogens is 2. The largest absolute Gasteiger partial charge is 0.350 e. The summed E-state index contributed by atoms with van der Waals surface area (Å²) in [6.45, 7) is 4.00. The van der Waals surface area contributed by atoms with E-state index in [0.29, 0.717) is 12.2 Å². The molecule has 0 spiro atoms. The van der Waals surface area contributed by atoms with Gasteiger partial charge in [-0.15, -0.1) is 11.3 Å². The number of amides is 1. The predicted octanol–water partition coefficient (Wildman–Crippen LogP) is 2.95. The highest BCUT2D eigenvalue weighted by Crippen LogP contribution is 2.15. The fourth-order valence-corrected chi connectivity index (χ4v) is 4.13. The van der Waals surface area contributed by atoms with Gasteiger partial charge in [-0.25, -0.2) is 9.97 Å². The molecule has 1 amide bonds. The molecule has 5 nitrogen and oxygen atoms in total. The number of rotatable bonds is 6.